The first-order valence-electron chi connectivity index (χ1n) is 6.86. The van der Waals surface area contributed by atoms with Crippen molar-refractivity contribution >= 4 is 28.8 Å². The lowest BCUT2D eigenvalue weighted by Gasteiger charge is -2.29. The number of rotatable bonds is 2. The summed E-state index contributed by atoms with van der Waals surface area (Å²) in [5, 5.41) is 16.5. The summed E-state index contributed by atoms with van der Waals surface area (Å²) in [6, 6.07) is 6.61. The Morgan fingerprint density at radius 2 is 2.05 bits per heavy atom. The van der Waals surface area contributed by atoms with Crippen molar-refractivity contribution in [3.05, 3.63) is 40.3 Å². The van der Waals surface area contributed by atoms with Crippen molar-refractivity contribution in [3.63, 3.8) is 0 Å². The molecule has 4 heteroatoms. The Bertz CT molecular complexity index is 635. The first-order chi connectivity index (χ1) is 9.56. The number of aryl methyl sites for hydroxylation is 1. The van der Waals surface area contributed by atoms with Gasteiger partial charge in [-0.3, -0.25) is 0 Å². The van der Waals surface area contributed by atoms with Crippen LogP contribution in [0.15, 0.2) is 27.8 Å². The predicted octanol–water partition coefficient (Wildman–Crippen LogP) is 5.11. The fraction of sp³-hybridized carbons (Fsp3) is 0.375. The van der Waals surface area contributed by atoms with E-state index in [2.05, 4.69) is 29.8 Å². The number of nitrogens with one attached hydrogen (secondary N) is 1. The van der Waals surface area contributed by atoms with Crippen LogP contribution in [0.25, 0.3) is 0 Å². The van der Waals surface area contributed by atoms with Gasteiger partial charge in [0.25, 0.3) is 0 Å². The zero-order valence-corrected chi connectivity index (χ0v) is 13.6. The lowest BCUT2D eigenvalue weighted by Crippen LogP contribution is -2.19. The van der Waals surface area contributed by atoms with Crippen LogP contribution >= 0.6 is 23.1 Å². The van der Waals surface area contributed by atoms with Crippen LogP contribution in [0.5, 0.6) is 5.75 Å². The third-order valence-electron chi connectivity index (χ3n) is 3.87. The molecule has 2 heterocycles. The number of phenols is 1. The molecule has 20 heavy (non-hydrogen) atoms. The van der Waals surface area contributed by atoms with Crippen LogP contribution in [0, 0.1) is 13.8 Å². The molecule has 0 fully saturated rings. The van der Waals surface area contributed by atoms with Gasteiger partial charge >= 0.3 is 0 Å². The van der Waals surface area contributed by atoms with Crippen LogP contribution in [-0.4, -0.2) is 10.4 Å². The van der Waals surface area contributed by atoms with E-state index in [1.54, 1.807) is 0 Å². The normalized spacial score (nSPS) is 21.6. The van der Waals surface area contributed by atoms with Crippen LogP contribution in [0.2, 0.25) is 0 Å². The van der Waals surface area contributed by atoms with Gasteiger partial charge in [-0.15, -0.1) is 23.1 Å². The summed E-state index contributed by atoms with van der Waals surface area (Å²) in [4.78, 5) is 0. The summed E-state index contributed by atoms with van der Waals surface area (Å²) in [5.41, 5.74) is 4.30. The van der Waals surface area contributed by atoms with Gasteiger partial charge < -0.3 is 10.4 Å². The van der Waals surface area contributed by atoms with Crippen LogP contribution in [-0.2, 0) is 0 Å². The van der Waals surface area contributed by atoms with Gasteiger partial charge in [-0.25, -0.2) is 0 Å². The Morgan fingerprint density at radius 1 is 1.25 bits per heavy atom. The Kier molecular flexibility index (Phi) is 3.69. The van der Waals surface area contributed by atoms with Crippen molar-refractivity contribution in [1.82, 2.24) is 0 Å². The van der Waals surface area contributed by atoms with E-state index in [4.69, 9.17) is 0 Å². The smallest absolute Gasteiger partial charge is 0.123 e. The number of hydrogen-bond donors (Lipinski definition) is 2. The molecule has 2 aromatic rings. The molecule has 3 rings (SSSR count). The molecular weight excluding hydrogens is 286 g/mol. The monoisotopic (exact) mass is 305 g/mol. The van der Waals surface area contributed by atoms with Crippen LogP contribution < -0.4 is 5.32 Å². The highest BCUT2D eigenvalue weighted by atomic mass is 32.2. The highest BCUT2D eigenvalue weighted by Crippen LogP contribution is 2.45. The molecule has 2 nitrogen and oxygen atoms in total. The molecule has 0 spiro atoms. The Morgan fingerprint density at radius 3 is 2.85 bits per heavy atom. The number of anilines is 1. The summed E-state index contributed by atoms with van der Waals surface area (Å²) in [5.74, 6) is 0.402. The van der Waals surface area contributed by atoms with E-state index in [1.807, 2.05) is 43.0 Å². The number of thiophene rings is 1. The average Bonchev–Trinajstić information content (AvgIpc) is 2.87. The fourth-order valence-electron chi connectivity index (χ4n) is 2.67. The SMILES string of the molecule is Cc1ccc(NC2C[C@H](C)Sc3sccc32)c(C)c1O. The lowest BCUT2D eigenvalue weighted by molar-refractivity contribution is 0.467. The molecule has 106 valence electrons. The number of aromatic hydroxyl groups is 1. The second kappa shape index (κ2) is 5.34. The van der Waals surface area contributed by atoms with Crippen molar-refractivity contribution in [2.45, 2.75) is 42.7 Å². The molecular formula is C16H19NOS2. The predicted molar refractivity (Wildman–Crippen MR) is 88.2 cm³/mol. The molecule has 0 aliphatic carbocycles. The molecule has 1 aliphatic heterocycles. The molecule has 0 saturated carbocycles. The minimum absolute atomic E-state index is 0.341. The topological polar surface area (TPSA) is 32.3 Å². The number of benzene rings is 1. The first-order valence-corrected chi connectivity index (χ1v) is 8.62. The van der Waals surface area contributed by atoms with E-state index in [-0.39, 0.29) is 0 Å². The zero-order chi connectivity index (χ0) is 14.3. The largest absolute Gasteiger partial charge is 0.507 e. The molecule has 0 amide bonds. The molecule has 2 N–H and O–H groups in total. The van der Waals surface area contributed by atoms with Crippen molar-refractivity contribution in [1.29, 1.82) is 0 Å². The summed E-state index contributed by atoms with van der Waals surface area (Å²) in [6.45, 7) is 6.18. The summed E-state index contributed by atoms with van der Waals surface area (Å²) < 4.78 is 1.43. The third-order valence-corrected chi connectivity index (χ3v) is 6.22. The van der Waals surface area contributed by atoms with E-state index >= 15 is 0 Å². The molecule has 1 aliphatic rings. The zero-order valence-electron chi connectivity index (χ0n) is 11.9. The summed E-state index contributed by atoms with van der Waals surface area (Å²) in [7, 11) is 0. The minimum atomic E-state index is 0.341. The van der Waals surface area contributed by atoms with E-state index in [9.17, 15) is 5.11 Å². The standard InChI is InChI=1S/C16H19NOS2/c1-9-4-5-13(11(3)15(9)18)17-14-8-10(2)20-16-12(14)6-7-19-16/h4-7,10,14,17-18H,8H2,1-3H3/t10-,14?/m0/s1. The molecule has 1 aromatic heterocycles. The van der Waals surface area contributed by atoms with Crippen molar-refractivity contribution in [2.75, 3.05) is 5.32 Å². The molecule has 0 bridgehead atoms. The first kappa shape index (κ1) is 13.8. The highest BCUT2D eigenvalue weighted by Gasteiger charge is 2.26. The fourth-order valence-corrected chi connectivity index (χ4v) is 5.23. The highest BCUT2D eigenvalue weighted by molar-refractivity contribution is 8.01. The second-order valence-corrected chi connectivity index (χ2v) is 8.05. The van der Waals surface area contributed by atoms with Crippen LogP contribution in [0.4, 0.5) is 5.69 Å². The van der Waals surface area contributed by atoms with Crippen molar-refractivity contribution < 1.29 is 5.11 Å². The Labute approximate surface area is 128 Å². The van der Waals surface area contributed by atoms with E-state index in [1.165, 1.54) is 9.77 Å². The van der Waals surface area contributed by atoms with Crippen LogP contribution in [0.3, 0.4) is 0 Å². The molecule has 1 unspecified atom stereocenters. The number of fused-ring (bicyclic) bond motifs is 1. The molecule has 1 aromatic carbocycles. The average molecular weight is 305 g/mol. The van der Waals surface area contributed by atoms with Gasteiger partial charge in [0.05, 0.1) is 10.3 Å². The van der Waals surface area contributed by atoms with Gasteiger partial charge in [0.15, 0.2) is 0 Å². The van der Waals surface area contributed by atoms with Gasteiger partial charge in [0.2, 0.25) is 0 Å². The summed E-state index contributed by atoms with van der Waals surface area (Å²) in [6.07, 6.45) is 1.11. The van der Waals surface area contributed by atoms with E-state index < -0.39 is 0 Å². The lowest BCUT2D eigenvalue weighted by atomic mass is 10.0. The minimum Gasteiger partial charge on any atom is -0.507 e. The number of thioether (sulfide) groups is 1. The van der Waals surface area contributed by atoms with Gasteiger partial charge in [0.1, 0.15) is 5.75 Å². The van der Waals surface area contributed by atoms with Gasteiger partial charge in [-0.2, -0.15) is 0 Å². The second-order valence-electron chi connectivity index (χ2n) is 5.43. The Balaban J connectivity index is 1.91. The van der Waals surface area contributed by atoms with Crippen molar-refractivity contribution in [3.8, 4) is 5.75 Å². The third kappa shape index (κ3) is 2.42. The quantitative estimate of drug-likeness (QED) is 0.809. The molecule has 0 radical (unpaired) electrons. The maximum absolute atomic E-state index is 10.1. The number of hydrogen-bond acceptors (Lipinski definition) is 4. The number of phenolic OH excluding ortho intramolecular Hbond substituents is 1. The van der Waals surface area contributed by atoms with Crippen molar-refractivity contribution in [2.24, 2.45) is 0 Å². The van der Waals surface area contributed by atoms with Crippen LogP contribution in [0.1, 0.15) is 36.1 Å². The maximum atomic E-state index is 10.1. The summed E-state index contributed by atoms with van der Waals surface area (Å²) >= 11 is 3.80. The van der Waals surface area contributed by atoms with Gasteiger partial charge in [0, 0.05) is 16.5 Å². The van der Waals surface area contributed by atoms with E-state index in [0.717, 1.165) is 23.2 Å². The maximum Gasteiger partial charge on any atom is 0.123 e. The van der Waals surface area contributed by atoms with Gasteiger partial charge in [-0.1, -0.05) is 13.0 Å². The van der Waals surface area contributed by atoms with Gasteiger partial charge in [-0.05, 0) is 48.9 Å². The Hall–Kier alpha value is -1.13. The molecule has 2 atom stereocenters. The molecule has 0 saturated heterocycles. The van der Waals surface area contributed by atoms with E-state index in [0.29, 0.717) is 17.0 Å².